The minimum Gasteiger partial charge on any atom is -0.467 e. The first-order valence-electron chi connectivity index (χ1n) is 43.8. The summed E-state index contributed by atoms with van der Waals surface area (Å²) < 4.78 is 15.8. The summed E-state index contributed by atoms with van der Waals surface area (Å²) in [4.78, 5) is 191. The fraction of sp³-hybridized carbons (Fsp3) is 0.439. The van der Waals surface area contributed by atoms with E-state index in [0.717, 1.165) is 37.7 Å². The Balaban J connectivity index is 1.28. The Morgan fingerprint density at radius 2 is 0.680 bits per heavy atom. The Morgan fingerprint density at radius 3 is 1.06 bits per heavy atom. The zero-order valence-electron chi connectivity index (χ0n) is 75.2. The van der Waals surface area contributed by atoms with Gasteiger partial charge in [0.05, 0.1) is 32.2 Å². The molecule has 12 amide bonds. The van der Waals surface area contributed by atoms with Crippen molar-refractivity contribution in [1.29, 1.82) is 0 Å². The second-order valence-electron chi connectivity index (χ2n) is 33.9. The van der Waals surface area contributed by atoms with Crippen molar-refractivity contribution in [2.45, 2.75) is 250 Å². The third-order valence-corrected chi connectivity index (χ3v) is 21.3. The van der Waals surface area contributed by atoms with Crippen LogP contribution >= 0.6 is 0 Å². The number of benzene rings is 7. The lowest BCUT2D eigenvalue weighted by Crippen LogP contribution is -2.62. The number of rotatable bonds is 49. The van der Waals surface area contributed by atoms with E-state index in [1.807, 2.05) is 6.07 Å². The maximum absolute atomic E-state index is 16.1. The molecule has 128 heavy (non-hydrogen) atoms. The summed E-state index contributed by atoms with van der Waals surface area (Å²) in [6.45, 7) is 17.5. The number of hydrogen-bond donors (Lipinski definition) is 14. The quantitative estimate of drug-likeness (QED) is 0.00730. The van der Waals surface area contributed by atoms with Gasteiger partial charge in [-0.1, -0.05) is 285 Å². The van der Waals surface area contributed by atoms with Crippen LogP contribution in [0, 0.1) is 11.8 Å². The van der Waals surface area contributed by atoms with Crippen LogP contribution in [0.1, 0.15) is 199 Å². The van der Waals surface area contributed by atoms with Gasteiger partial charge in [0.1, 0.15) is 77.7 Å². The van der Waals surface area contributed by atoms with E-state index >= 15 is 28.8 Å². The van der Waals surface area contributed by atoms with Gasteiger partial charge in [0.15, 0.2) is 0 Å². The fourth-order valence-corrected chi connectivity index (χ4v) is 14.8. The SMILES string of the molecule is CCCCCCCC[C@@H](NC(=O)[C@@H](CC(C)C)NC(=O)[C@@H](NC(=O)[C@@H](CC(C)C)NC(=O)[C@@H](CC(=O)NC(c1ccccc1)(c1ccccc1)c1ccccc1)NC(=O)[C@H](CC(=O)NC(c1ccccc1)(c1ccccc1)c1ccccc1)NC(=O)[C@H](C)NC(=O)[C@@H](NC(=O)[C@H](CCCNC(=O)OCc1ccccc1)NC(=O)OC(C)(C)C)[C@@H](C)O)[C@@H](C)O)C(=O)OC. The van der Waals surface area contributed by atoms with Crippen LogP contribution in [-0.4, -0.2) is 173 Å². The topological polar surface area (TPSA) is 434 Å². The summed E-state index contributed by atoms with van der Waals surface area (Å²) in [5.41, 5.74) is -0.0649. The lowest BCUT2D eigenvalue weighted by Gasteiger charge is -2.37. The van der Waals surface area contributed by atoms with Gasteiger partial charge in [0.2, 0.25) is 59.1 Å². The molecule has 0 saturated heterocycles. The Bertz CT molecular complexity index is 4530. The molecule has 14 N–H and O–H groups in total. The molecular weight excluding hydrogens is 1630 g/mol. The number of carbonyl (C=O) groups is 13. The summed E-state index contributed by atoms with van der Waals surface area (Å²) in [5, 5.41) is 55.0. The van der Waals surface area contributed by atoms with E-state index in [0.29, 0.717) is 39.8 Å². The van der Waals surface area contributed by atoms with E-state index in [2.05, 4.69) is 70.7 Å². The molecule has 0 heterocycles. The Morgan fingerprint density at radius 1 is 0.352 bits per heavy atom. The van der Waals surface area contributed by atoms with E-state index < -0.39 is 179 Å². The van der Waals surface area contributed by atoms with E-state index in [1.54, 1.807) is 255 Å². The molecular formula is C98H128N12O18. The minimum atomic E-state index is -2.07. The van der Waals surface area contributed by atoms with Crippen LogP contribution in [0.2, 0.25) is 0 Å². The van der Waals surface area contributed by atoms with E-state index in [1.165, 1.54) is 27.9 Å². The Hall–Kier alpha value is -12.8. The van der Waals surface area contributed by atoms with Crippen molar-refractivity contribution in [2.24, 2.45) is 11.8 Å². The second-order valence-corrected chi connectivity index (χ2v) is 33.9. The van der Waals surface area contributed by atoms with Crippen molar-refractivity contribution < 1.29 is 86.8 Å². The molecule has 0 fully saturated rings. The molecule has 0 aromatic heterocycles. The number of unbranched alkanes of at least 4 members (excludes halogenated alkanes) is 5. The van der Waals surface area contributed by atoms with Gasteiger partial charge in [-0.2, -0.15) is 0 Å². The number of carbonyl (C=O) groups excluding carboxylic acids is 13. The molecule has 7 rings (SSSR count). The van der Waals surface area contributed by atoms with Gasteiger partial charge in [-0.05, 0) is 124 Å². The number of methoxy groups -OCH3 is 1. The van der Waals surface area contributed by atoms with Gasteiger partial charge >= 0.3 is 18.2 Å². The van der Waals surface area contributed by atoms with Crippen molar-refractivity contribution in [3.63, 3.8) is 0 Å². The van der Waals surface area contributed by atoms with Gasteiger partial charge in [0, 0.05) is 6.54 Å². The number of hydrogen-bond acceptors (Lipinski definition) is 18. The molecule has 30 heteroatoms. The molecule has 0 unspecified atom stereocenters. The molecule has 0 spiro atoms. The number of aliphatic hydroxyl groups is 2. The molecule has 0 saturated carbocycles. The van der Waals surface area contributed by atoms with Crippen molar-refractivity contribution in [2.75, 3.05) is 13.7 Å². The van der Waals surface area contributed by atoms with Crippen LogP contribution in [-0.2, 0) is 84.6 Å². The molecule has 7 aromatic carbocycles. The Kier molecular flexibility index (Phi) is 40.8. The first kappa shape index (κ1) is 102. The van der Waals surface area contributed by atoms with Crippen LogP contribution in [0.4, 0.5) is 9.59 Å². The van der Waals surface area contributed by atoms with Gasteiger partial charge in [-0.3, -0.25) is 47.9 Å². The summed E-state index contributed by atoms with van der Waals surface area (Å²) in [7, 11) is 1.20. The summed E-state index contributed by atoms with van der Waals surface area (Å²) in [6.07, 6.45) is -1.63. The highest BCUT2D eigenvalue weighted by atomic mass is 16.6. The molecule has 0 aliphatic carbocycles. The predicted molar refractivity (Wildman–Crippen MR) is 484 cm³/mol. The first-order chi connectivity index (χ1) is 61.1. The summed E-state index contributed by atoms with van der Waals surface area (Å²) >= 11 is 0. The lowest BCUT2D eigenvalue weighted by molar-refractivity contribution is -0.145. The number of ether oxygens (including phenoxy) is 3. The second kappa shape index (κ2) is 51.1. The van der Waals surface area contributed by atoms with Gasteiger partial charge in [-0.15, -0.1) is 0 Å². The maximum Gasteiger partial charge on any atom is 0.408 e. The molecule has 0 bridgehead atoms. The number of alkyl carbamates (subject to hydrolysis) is 2. The van der Waals surface area contributed by atoms with Crippen LogP contribution in [0.25, 0.3) is 0 Å². The highest BCUT2D eigenvalue weighted by molar-refractivity contribution is 6.01. The predicted octanol–water partition coefficient (Wildman–Crippen LogP) is 9.26. The monoisotopic (exact) mass is 1760 g/mol. The highest BCUT2D eigenvalue weighted by Gasteiger charge is 2.44. The third kappa shape index (κ3) is 31.6. The van der Waals surface area contributed by atoms with Gasteiger partial charge in [-0.25, -0.2) is 14.4 Å². The van der Waals surface area contributed by atoms with Crippen molar-refractivity contribution in [3.8, 4) is 0 Å². The average molecular weight is 1760 g/mol. The van der Waals surface area contributed by atoms with Gasteiger partial charge in [0.25, 0.3) is 0 Å². The van der Waals surface area contributed by atoms with Crippen molar-refractivity contribution >= 4 is 77.2 Å². The zero-order chi connectivity index (χ0) is 93.5. The van der Waals surface area contributed by atoms with Crippen LogP contribution in [0.3, 0.4) is 0 Å². The Labute approximate surface area is 750 Å². The smallest absolute Gasteiger partial charge is 0.408 e. The summed E-state index contributed by atoms with van der Waals surface area (Å²) in [5.74, 6) is -11.7. The molecule has 11 atom stereocenters. The molecule has 7 aromatic rings. The van der Waals surface area contributed by atoms with Crippen molar-refractivity contribution in [1.82, 2.24) is 63.8 Å². The number of nitrogens with one attached hydrogen (secondary N) is 12. The van der Waals surface area contributed by atoms with Crippen LogP contribution < -0.4 is 63.8 Å². The first-order valence-corrected chi connectivity index (χ1v) is 43.8. The third-order valence-electron chi connectivity index (χ3n) is 21.3. The molecule has 688 valence electrons. The lowest BCUT2D eigenvalue weighted by atomic mass is 9.77. The fourth-order valence-electron chi connectivity index (χ4n) is 14.8. The number of amides is 12. The normalized spacial score (nSPS) is 14.1. The van der Waals surface area contributed by atoms with E-state index in [4.69, 9.17) is 14.2 Å². The van der Waals surface area contributed by atoms with Gasteiger partial charge < -0.3 is 88.2 Å². The van der Waals surface area contributed by atoms with Crippen LogP contribution in [0.5, 0.6) is 0 Å². The zero-order valence-corrected chi connectivity index (χ0v) is 75.2. The molecule has 0 aliphatic rings. The summed E-state index contributed by atoms with van der Waals surface area (Å²) in [6, 6.07) is 47.5. The molecule has 0 radical (unpaired) electrons. The maximum atomic E-state index is 16.1. The highest BCUT2D eigenvalue weighted by Crippen LogP contribution is 2.39. The molecule has 0 aliphatic heterocycles. The average Bonchev–Trinajstić information content (AvgIpc) is 0.757. The van der Waals surface area contributed by atoms with E-state index in [9.17, 15) is 43.8 Å². The minimum absolute atomic E-state index is 0.0278. The van der Waals surface area contributed by atoms with Crippen LogP contribution in [0.15, 0.2) is 212 Å². The van der Waals surface area contributed by atoms with E-state index in [-0.39, 0.29) is 51.2 Å². The number of esters is 1. The van der Waals surface area contributed by atoms with Crippen molar-refractivity contribution in [3.05, 3.63) is 251 Å². The number of aliphatic hydroxyl groups excluding tert-OH is 2. The standard InChI is InChI=1S/C98H128N12O18/c1-13-14-15-16-17-39-55-76(93(123)126-12)101-87(117)77(58-63(2)3)105-92(122)84(67(8)112)108-90(120)78(59-64(4)5)103-89(119)80(61-82(114)110-98(72-49-33-22-34-50-72,73-51-35-23-36-52-73)74-53-37-24-38-54-74)104-88(118)79(60-81(113)109-97(69-43-27-19-28-44-69,70-45-29-20-30-46-70)71-47-31-21-32-48-71)102-85(115)65(6)100-91(121)83(66(7)111)107-86(116)75(106-95(125)128-96(9,10)11)56-40-57-99-94(124)127-62-68-41-25-18-26-42-68/h18-38,41-54,63-67,75-80,83-84,111-112H,13-17,39-40,55-62H2,1-12H3,(H,99,124)(H,100,121)(H,101,117)(H,102,115)(H,103,119)(H,104,118)(H,105,122)(H,106,125)(H,107,116)(H,108,120)(H,109,113)(H,110,114)/t65-,66+,67+,75-,76+,77+,78+,79-,80+,83-,84-/m0/s1. The largest absolute Gasteiger partial charge is 0.467 e. The molecule has 30 nitrogen and oxygen atoms in total.